The molecular formula is C23H23N3O5. The number of hydrogen-bond donors (Lipinski definition) is 2. The normalized spacial score (nSPS) is 14.8. The second kappa shape index (κ2) is 9.01. The summed E-state index contributed by atoms with van der Waals surface area (Å²) in [6.45, 7) is 4.55. The Morgan fingerprint density at radius 2 is 1.81 bits per heavy atom. The predicted molar refractivity (Wildman–Crippen MR) is 118 cm³/mol. The van der Waals surface area contributed by atoms with Crippen LogP contribution in [0.25, 0.3) is 10.9 Å². The number of hydrogen-bond acceptors (Lipinski definition) is 6. The molecule has 0 aliphatic carbocycles. The summed E-state index contributed by atoms with van der Waals surface area (Å²) in [5.41, 5.74) is 1.89. The molecule has 0 radical (unpaired) electrons. The van der Waals surface area contributed by atoms with E-state index in [9.17, 15) is 14.4 Å². The Kier molecular flexibility index (Phi) is 5.99. The molecule has 2 aromatic carbocycles. The maximum absolute atomic E-state index is 12.6. The number of ether oxygens (including phenoxy) is 2. The summed E-state index contributed by atoms with van der Waals surface area (Å²) in [5, 5.41) is 3.30. The number of pyridine rings is 1. The van der Waals surface area contributed by atoms with Crippen molar-refractivity contribution in [2.24, 2.45) is 0 Å². The minimum Gasteiger partial charge on any atom is -0.449 e. The zero-order chi connectivity index (χ0) is 21.8. The van der Waals surface area contributed by atoms with Gasteiger partial charge >= 0.3 is 5.97 Å². The lowest BCUT2D eigenvalue weighted by Crippen LogP contribution is -2.36. The monoisotopic (exact) mass is 421 g/mol. The molecule has 8 nitrogen and oxygen atoms in total. The van der Waals surface area contributed by atoms with E-state index in [0.29, 0.717) is 29.8 Å². The Balaban J connectivity index is 1.41. The van der Waals surface area contributed by atoms with Crippen molar-refractivity contribution in [3.05, 3.63) is 70.5 Å². The molecule has 1 amide bonds. The number of fused-ring (bicyclic) bond motifs is 1. The topological polar surface area (TPSA) is 101 Å². The molecule has 2 N–H and O–H groups in total. The fourth-order valence-electron chi connectivity index (χ4n) is 3.47. The summed E-state index contributed by atoms with van der Waals surface area (Å²) in [5.74, 6) is -1.19. The molecule has 4 rings (SSSR count). The molecule has 0 saturated carbocycles. The molecule has 1 aliphatic rings. The van der Waals surface area contributed by atoms with Gasteiger partial charge in [0.25, 0.3) is 5.91 Å². The molecule has 1 atom stereocenters. The molecule has 1 unspecified atom stereocenters. The van der Waals surface area contributed by atoms with E-state index in [-0.39, 0.29) is 5.56 Å². The van der Waals surface area contributed by atoms with E-state index in [4.69, 9.17) is 9.47 Å². The van der Waals surface area contributed by atoms with Gasteiger partial charge in [0.1, 0.15) is 0 Å². The van der Waals surface area contributed by atoms with Gasteiger partial charge in [-0.2, -0.15) is 0 Å². The molecule has 0 bridgehead atoms. The van der Waals surface area contributed by atoms with Crippen LogP contribution >= 0.6 is 0 Å². The van der Waals surface area contributed by atoms with Gasteiger partial charge in [-0.15, -0.1) is 0 Å². The number of aromatic nitrogens is 1. The fraction of sp³-hybridized carbons (Fsp3) is 0.261. The first-order valence-electron chi connectivity index (χ1n) is 10.1. The number of morpholine rings is 1. The quantitative estimate of drug-likeness (QED) is 0.614. The number of carbonyl (C=O) groups is 2. The molecule has 1 fully saturated rings. The van der Waals surface area contributed by atoms with Gasteiger partial charge in [0.2, 0.25) is 5.56 Å². The van der Waals surface area contributed by atoms with Crippen LogP contribution in [0.5, 0.6) is 0 Å². The highest BCUT2D eigenvalue weighted by Crippen LogP contribution is 2.20. The Morgan fingerprint density at radius 1 is 1.10 bits per heavy atom. The van der Waals surface area contributed by atoms with Crippen molar-refractivity contribution in [2.45, 2.75) is 13.0 Å². The molecule has 1 saturated heterocycles. The molecule has 31 heavy (non-hydrogen) atoms. The number of para-hydroxylation sites is 1. The maximum atomic E-state index is 12.6. The highest BCUT2D eigenvalue weighted by Gasteiger charge is 2.21. The third kappa shape index (κ3) is 4.75. The van der Waals surface area contributed by atoms with Crippen LogP contribution in [0.4, 0.5) is 11.4 Å². The summed E-state index contributed by atoms with van der Waals surface area (Å²) in [6, 6.07) is 15.6. The van der Waals surface area contributed by atoms with E-state index in [0.717, 1.165) is 18.8 Å². The predicted octanol–water partition coefficient (Wildman–Crippen LogP) is 2.55. The molecule has 2 heterocycles. The molecule has 1 aromatic heterocycles. The van der Waals surface area contributed by atoms with Crippen LogP contribution in [0.1, 0.15) is 17.3 Å². The number of rotatable bonds is 5. The lowest BCUT2D eigenvalue weighted by atomic mass is 10.1. The zero-order valence-corrected chi connectivity index (χ0v) is 17.1. The second-order valence-electron chi connectivity index (χ2n) is 7.28. The minimum atomic E-state index is -1.04. The highest BCUT2D eigenvalue weighted by atomic mass is 16.5. The number of H-pyrrole nitrogens is 1. The average Bonchev–Trinajstić information content (AvgIpc) is 2.79. The van der Waals surface area contributed by atoms with E-state index >= 15 is 0 Å². The van der Waals surface area contributed by atoms with E-state index in [2.05, 4.69) is 15.2 Å². The smallest absolute Gasteiger partial charge is 0.339 e. The average molecular weight is 421 g/mol. The molecular weight excluding hydrogens is 398 g/mol. The third-order valence-electron chi connectivity index (χ3n) is 5.13. The van der Waals surface area contributed by atoms with Crippen LogP contribution in [0.3, 0.4) is 0 Å². The Labute approximate surface area is 178 Å². The zero-order valence-electron chi connectivity index (χ0n) is 17.1. The first-order valence-corrected chi connectivity index (χ1v) is 10.1. The number of amides is 1. The van der Waals surface area contributed by atoms with Gasteiger partial charge in [-0.3, -0.25) is 9.59 Å². The Hall–Kier alpha value is -3.65. The van der Waals surface area contributed by atoms with Crippen molar-refractivity contribution in [1.29, 1.82) is 0 Å². The summed E-state index contributed by atoms with van der Waals surface area (Å²) >= 11 is 0. The van der Waals surface area contributed by atoms with Gasteiger partial charge in [0, 0.05) is 41.4 Å². The van der Waals surface area contributed by atoms with Crippen molar-refractivity contribution < 1.29 is 19.1 Å². The first kappa shape index (κ1) is 20.6. The van der Waals surface area contributed by atoms with Gasteiger partial charge in [0.05, 0.1) is 18.8 Å². The molecule has 0 spiro atoms. The standard InChI is InChI=1S/C23H23N3O5/c1-15(31-23(29)19-14-21(27)25-20-5-3-2-4-18(19)20)22(28)24-16-6-8-17(9-7-16)26-10-12-30-13-11-26/h2-9,14-15H,10-13H2,1H3,(H,24,28)(H,25,27). The number of nitrogens with zero attached hydrogens (tertiary/aromatic N) is 1. The van der Waals surface area contributed by atoms with Crippen LogP contribution in [0.2, 0.25) is 0 Å². The van der Waals surface area contributed by atoms with E-state index in [1.807, 2.05) is 24.3 Å². The fourth-order valence-corrected chi connectivity index (χ4v) is 3.47. The minimum absolute atomic E-state index is 0.119. The Bertz CT molecular complexity index is 1150. The molecule has 8 heteroatoms. The van der Waals surface area contributed by atoms with Crippen molar-refractivity contribution >= 4 is 34.2 Å². The van der Waals surface area contributed by atoms with Crippen LogP contribution in [0, 0.1) is 0 Å². The number of benzene rings is 2. The highest BCUT2D eigenvalue weighted by molar-refractivity contribution is 6.04. The SMILES string of the molecule is CC(OC(=O)c1cc(=O)[nH]c2ccccc12)C(=O)Nc1ccc(N2CCOCC2)cc1. The lowest BCUT2D eigenvalue weighted by Gasteiger charge is -2.28. The second-order valence-corrected chi connectivity index (χ2v) is 7.28. The van der Waals surface area contributed by atoms with Crippen molar-refractivity contribution in [2.75, 3.05) is 36.5 Å². The van der Waals surface area contributed by atoms with Gasteiger partial charge in [-0.05, 0) is 37.3 Å². The summed E-state index contributed by atoms with van der Waals surface area (Å²) < 4.78 is 10.7. The summed E-state index contributed by atoms with van der Waals surface area (Å²) in [7, 11) is 0. The third-order valence-corrected chi connectivity index (χ3v) is 5.13. The number of aromatic amines is 1. The van der Waals surface area contributed by atoms with Crippen molar-refractivity contribution in [3.8, 4) is 0 Å². The lowest BCUT2D eigenvalue weighted by molar-refractivity contribution is -0.123. The maximum Gasteiger partial charge on any atom is 0.339 e. The summed E-state index contributed by atoms with van der Waals surface area (Å²) in [6.07, 6.45) is -1.04. The van der Waals surface area contributed by atoms with Gasteiger partial charge in [-0.1, -0.05) is 18.2 Å². The molecule has 160 valence electrons. The van der Waals surface area contributed by atoms with Crippen LogP contribution < -0.4 is 15.8 Å². The molecule has 3 aromatic rings. The first-order chi connectivity index (χ1) is 15.0. The van der Waals surface area contributed by atoms with E-state index < -0.39 is 23.5 Å². The van der Waals surface area contributed by atoms with Crippen LogP contribution in [-0.2, 0) is 14.3 Å². The molecule has 1 aliphatic heterocycles. The van der Waals surface area contributed by atoms with Gasteiger partial charge < -0.3 is 24.7 Å². The van der Waals surface area contributed by atoms with E-state index in [1.54, 1.807) is 24.3 Å². The largest absolute Gasteiger partial charge is 0.449 e. The van der Waals surface area contributed by atoms with Crippen molar-refractivity contribution in [1.82, 2.24) is 4.98 Å². The number of anilines is 2. The number of esters is 1. The van der Waals surface area contributed by atoms with E-state index in [1.165, 1.54) is 13.0 Å². The van der Waals surface area contributed by atoms with Gasteiger partial charge in [-0.25, -0.2) is 4.79 Å². The van der Waals surface area contributed by atoms with Crippen molar-refractivity contribution in [3.63, 3.8) is 0 Å². The van der Waals surface area contributed by atoms with Crippen LogP contribution in [-0.4, -0.2) is 49.3 Å². The number of nitrogens with one attached hydrogen (secondary N) is 2. The Morgan fingerprint density at radius 3 is 2.55 bits per heavy atom. The van der Waals surface area contributed by atoms with Crippen LogP contribution in [0.15, 0.2) is 59.4 Å². The summed E-state index contributed by atoms with van der Waals surface area (Å²) in [4.78, 5) is 41.9. The number of carbonyl (C=O) groups excluding carboxylic acids is 2. The van der Waals surface area contributed by atoms with Gasteiger partial charge in [0.15, 0.2) is 6.10 Å².